The molecule has 1 saturated heterocycles. The number of hydrogen-bond donors (Lipinski definition) is 4. The molecule has 0 aromatic heterocycles. The molecule has 5 N–H and O–H groups in total. The van der Waals surface area contributed by atoms with Crippen LogP contribution in [-0.4, -0.2) is 55.4 Å². The summed E-state index contributed by atoms with van der Waals surface area (Å²) in [6.45, 7) is 2.25. The van der Waals surface area contributed by atoms with E-state index in [1.807, 2.05) is 0 Å². The average molecular weight is 447 g/mol. The first-order valence-corrected chi connectivity index (χ1v) is 12.0. The number of nitrogens with two attached hydrogens (primary N) is 1. The van der Waals surface area contributed by atoms with Crippen LogP contribution in [0.25, 0.3) is 0 Å². The number of anilines is 2. The zero-order chi connectivity index (χ0) is 22.4. The van der Waals surface area contributed by atoms with Crippen LogP contribution in [0.4, 0.5) is 11.4 Å². The van der Waals surface area contributed by atoms with Gasteiger partial charge in [0.2, 0.25) is 11.9 Å². The molecule has 1 amide bonds. The van der Waals surface area contributed by atoms with Gasteiger partial charge < -0.3 is 26.6 Å². The summed E-state index contributed by atoms with van der Waals surface area (Å²) in [5.74, 6) is 1.27. The van der Waals surface area contributed by atoms with Gasteiger partial charge >= 0.3 is 0 Å². The maximum atomic E-state index is 12.1. The first kappa shape index (κ1) is 20.3. The topological polar surface area (TPSA) is 120 Å². The Morgan fingerprint density at radius 1 is 1.12 bits per heavy atom. The molecule has 9 nitrogen and oxygen atoms in total. The van der Waals surface area contributed by atoms with Crippen molar-refractivity contribution in [3.05, 3.63) is 36.4 Å². The van der Waals surface area contributed by atoms with E-state index < -0.39 is 0 Å². The van der Waals surface area contributed by atoms with Crippen molar-refractivity contribution in [1.82, 2.24) is 10.6 Å². The smallest absolute Gasteiger partial charge is 0.223 e. The van der Waals surface area contributed by atoms with E-state index in [2.05, 4.69) is 62.3 Å². The second-order valence-corrected chi connectivity index (χ2v) is 9.54. The highest BCUT2D eigenvalue weighted by Gasteiger charge is 2.48. The molecule has 2 fully saturated rings. The van der Waals surface area contributed by atoms with Gasteiger partial charge in [0.25, 0.3) is 0 Å². The van der Waals surface area contributed by atoms with E-state index in [1.165, 1.54) is 24.9 Å². The molecule has 3 aliphatic heterocycles. The van der Waals surface area contributed by atoms with E-state index in [0.717, 1.165) is 31.0 Å². The van der Waals surface area contributed by atoms with Crippen molar-refractivity contribution in [2.45, 2.75) is 43.9 Å². The molecule has 6 unspecified atom stereocenters. The van der Waals surface area contributed by atoms with Crippen molar-refractivity contribution in [1.29, 1.82) is 0 Å². The Kier molecular flexibility index (Phi) is 5.04. The van der Waals surface area contributed by atoms with Crippen molar-refractivity contribution in [3.63, 3.8) is 0 Å². The SMILES string of the molecule is NC(=O)C1C2C=CC(C2)C1N=C1NC(Nc2ccc(N3CCCCC3)cc2)=NC2N=CNC12. The van der Waals surface area contributed by atoms with Crippen LogP contribution in [0.15, 0.2) is 51.4 Å². The van der Waals surface area contributed by atoms with E-state index >= 15 is 0 Å². The molecule has 0 radical (unpaired) electrons. The lowest BCUT2D eigenvalue weighted by atomic mass is 9.88. The van der Waals surface area contributed by atoms with Crippen LogP contribution in [0, 0.1) is 17.8 Å². The summed E-state index contributed by atoms with van der Waals surface area (Å²) >= 11 is 0. The fraction of sp³-hybridized carbons (Fsp3) is 0.500. The van der Waals surface area contributed by atoms with Gasteiger partial charge in [0.15, 0.2) is 6.17 Å². The molecule has 1 saturated carbocycles. The Hall–Kier alpha value is -3.36. The lowest BCUT2D eigenvalue weighted by molar-refractivity contribution is -0.122. The summed E-state index contributed by atoms with van der Waals surface area (Å²) in [6, 6.07) is 8.17. The summed E-state index contributed by atoms with van der Waals surface area (Å²) in [5, 5.41) is 9.98. The lowest BCUT2D eigenvalue weighted by Crippen LogP contribution is -2.55. The van der Waals surface area contributed by atoms with Gasteiger partial charge in [0, 0.05) is 30.4 Å². The number of primary amides is 1. The maximum absolute atomic E-state index is 12.1. The van der Waals surface area contributed by atoms with Crippen LogP contribution in [0.3, 0.4) is 0 Å². The average Bonchev–Trinajstić information content (AvgIpc) is 3.56. The second kappa shape index (κ2) is 8.20. The predicted molar refractivity (Wildman–Crippen MR) is 131 cm³/mol. The molecular formula is C24H30N8O. The molecular weight excluding hydrogens is 416 g/mol. The van der Waals surface area contributed by atoms with Crippen LogP contribution in [0.2, 0.25) is 0 Å². The van der Waals surface area contributed by atoms with E-state index in [0.29, 0.717) is 5.96 Å². The zero-order valence-corrected chi connectivity index (χ0v) is 18.5. The van der Waals surface area contributed by atoms with Gasteiger partial charge in [0.1, 0.15) is 11.9 Å². The molecule has 5 aliphatic rings. The van der Waals surface area contributed by atoms with Crippen molar-refractivity contribution >= 4 is 35.4 Å². The third-order valence-electron chi connectivity index (χ3n) is 7.47. The fourth-order valence-electron chi connectivity index (χ4n) is 5.80. The highest BCUT2D eigenvalue weighted by molar-refractivity contribution is 6.10. The summed E-state index contributed by atoms with van der Waals surface area (Å²) in [5.41, 5.74) is 7.95. The highest BCUT2D eigenvalue weighted by atomic mass is 16.1. The molecule has 0 spiro atoms. The molecule has 6 rings (SSSR count). The van der Waals surface area contributed by atoms with Gasteiger partial charge in [-0.05, 0) is 55.9 Å². The monoisotopic (exact) mass is 446 g/mol. The number of carbonyl (C=O) groups excluding carboxylic acids is 1. The number of nitrogens with zero attached hydrogens (tertiary/aromatic N) is 4. The number of benzene rings is 1. The first-order chi connectivity index (χ1) is 16.2. The number of piperidine rings is 1. The van der Waals surface area contributed by atoms with E-state index in [4.69, 9.17) is 15.7 Å². The number of fused-ring (bicyclic) bond motifs is 3. The summed E-state index contributed by atoms with van der Waals surface area (Å²) in [7, 11) is 0. The van der Waals surface area contributed by atoms with Crippen LogP contribution in [-0.2, 0) is 4.79 Å². The minimum atomic E-state index is -0.290. The quantitative estimate of drug-likeness (QED) is 0.522. The molecule has 172 valence electrons. The molecule has 33 heavy (non-hydrogen) atoms. The molecule has 1 aromatic rings. The summed E-state index contributed by atoms with van der Waals surface area (Å²) in [4.78, 5) is 28.8. The molecule has 2 bridgehead atoms. The van der Waals surface area contributed by atoms with Gasteiger partial charge in [-0.15, -0.1) is 0 Å². The Balaban J connectivity index is 1.21. The van der Waals surface area contributed by atoms with Gasteiger partial charge in [-0.25, -0.2) is 9.98 Å². The molecule has 9 heteroatoms. The standard InChI is InChI=1S/C24H30N8O/c25-21(33)18-14-4-5-15(12-14)19(18)29-23-20-22(27-13-26-20)30-24(31-23)28-16-6-8-17(9-7-16)32-10-2-1-3-11-32/h4-9,13-15,18-20,22H,1-3,10-12H2,(H2,25,33)(H,26,27)(H2,28,29,30,31). The lowest BCUT2D eigenvalue weighted by Gasteiger charge is -2.30. The number of rotatable bonds is 4. The summed E-state index contributed by atoms with van der Waals surface area (Å²) in [6.07, 6.45) is 10.5. The van der Waals surface area contributed by atoms with Crippen LogP contribution >= 0.6 is 0 Å². The number of amides is 1. The second-order valence-electron chi connectivity index (χ2n) is 9.54. The number of guanidine groups is 1. The molecule has 2 aliphatic carbocycles. The van der Waals surface area contributed by atoms with E-state index in [-0.39, 0.29) is 41.9 Å². The van der Waals surface area contributed by atoms with E-state index in [9.17, 15) is 4.79 Å². The van der Waals surface area contributed by atoms with Crippen molar-refractivity contribution in [3.8, 4) is 0 Å². The number of carbonyl (C=O) groups is 1. The van der Waals surface area contributed by atoms with Crippen LogP contribution in [0.5, 0.6) is 0 Å². The van der Waals surface area contributed by atoms with Gasteiger partial charge in [-0.3, -0.25) is 9.79 Å². The van der Waals surface area contributed by atoms with Crippen molar-refractivity contribution in [2.75, 3.05) is 23.3 Å². The maximum Gasteiger partial charge on any atom is 0.223 e. The Morgan fingerprint density at radius 2 is 1.91 bits per heavy atom. The first-order valence-electron chi connectivity index (χ1n) is 12.0. The van der Waals surface area contributed by atoms with Gasteiger partial charge in [-0.1, -0.05) is 12.2 Å². The van der Waals surface area contributed by atoms with Crippen molar-refractivity contribution in [2.24, 2.45) is 38.5 Å². The molecule has 3 heterocycles. The third kappa shape index (κ3) is 3.75. The van der Waals surface area contributed by atoms with Crippen LogP contribution < -0.4 is 26.6 Å². The molecule has 1 aromatic carbocycles. The Morgan fingerprint density at radius 3 is 2.70 bits per heavy atom. The van der Waals surface area contributed by atoms with E-state index in [1.54, 1.807) is 6.34 Å². The molecule has 6 atom stereocenters. The predicted octanol–water partition coefficient (Wildman–Crippen LogP) is 1.45. The highest BCUT2D eigenvalue weighted by Crippen LogP contribution is 2.45. The minimum Gasteiger partial charge on any atom is -0.372 e. The van der Waals surface area contributed by atoms with Gasteiger partial charge in [0.05, 0.1) is 18.3 Å². The largest absolute Gasteiger partial charge is 0.372 e. The fourth-order valence-corrected chi connectivity index (χ4v) is 5.80. The third-order valence-corrected chi connectivity index (χ3v) is 7.47. The number of amidine groups is 1. The normalized spacial score (nSPS) is 35.2. The summed E-state index contributed by atoms with van der Waals surface area (Å²) < 4.78 is 0. The zero-order valence-electron chi connectivity index (χ0n) is 18.5. The number of hydrogen-bond acceptors (Lipinski definition) is 7. The Labute approximate surface area is 193 Å². The Bertz CT molecular complexity index is 1040. The van der Waals surface area contributed by atoms with Gasteiger partial charge in [-0.2, -0.15) is 0 Å². The number of allylic oxidation sites excluding steroid dienone is 1. The van der Waals surface area contributed by atoms with Crippen LogP contribution in [0.1, 0.15) is 25.7 Å². The number of aliphatic imine (C=N–C) groups is 3. The minimum absolute atomic E-state index is 0.147. The number of nitrogens with one attached hydrogen (secondary N) is 3. The van der Waals surface area contributed by atoms with Crippen molar-refractivity contribution < 1.29 is 4.79 Å².